The zero-order valence-electron chi connectivity index (χ0n) is 16.0. The Kier molecular flexibility index (Phi) is 5.03. The molecule has 2 aromatic rings. The molecule has 1 heterocycles. The fraction of sp³-hybridized carbons (Fsp3) is 0.550. The van der Waals surface area contributed by atoms with E-state index in [-0.39, 0.29) is 23.1 Å². The van der Waals surface area contributed by atoms with Crippen LogP contribution >= 0.6 is 0 Å². The van der Waals surface area contributed by atoms with Gasteiger partial charge in [-0.05, 0) is 37.0 Å². The Morgan fingerprint density at radius 2 is 1.92 bits per heavy atom. The van der Waals surface area contributed by atoms with Crippen molar-refractivity contribution in [3.05, 3.63) is 24.0 Å². The Morgan fingerprint density at radius 1 is 1.23 bits per heavy atom. The van der Waals surface area contributed by atoms with Crippen molar-refractivity contribution in [2.45, 2.75) is 64.8 Å². The van der Waals surface area contributed by atoms with E-state index in [0.717, 1.165) is 42.5 Å². The number of anilines is 1. The molecule has 0 aliphatic heterocycles. The molecular formula is C20H28N4O2. The van der Waals surface area contributed by atoms with Crippen molar-refractivity contribution in [3.8, 4) is 0 Å². The van der Waals surface area contributed by atoms with Crippen LogP contribution in [0.1, 0.15) is 59.2 Å². The highest BCUT2D eigenvalue weighted by Crippen LogP contribution is 2.29. The third-order valence-electron chi connectivity index (χ3n) is 4.97. The molecule has 6 nitrogen and oxygen atoms in total. The van der Waals surface area contributed by atoms with Crippen LogP contribution in [0.25, 0.3) is 11.0 Å². The number of H-pyrrole nitrogens is 1. The second-order valence-corrected chi connectivity index (χ2v) is 8.28. The first-order chi connectivity index (χ1) is 12.2. The smallest absolute Gasteiger partial charge is 0.247 e. The maximum atomic E-state index is 12.8. The van der Waals surface area contributed by atoms with Gasteiger partial charge in [-0.2, -0.15) is 0 Å². The first kappa shape index (κ1) is 18.4. The van der Waals surface area contributed by atoms with Crippen LogP contribution in [0.3, 0.4) is 0 Å². The molecule has 1 saturated carbocycles. The number of hydrogen-bond acceptors (Lipinski definition) is 3. The van der Waals surface area contributed by atoms with Crippen LogP contribution < -0.4 is 10.6 Å². The average Bonchev–Trinajstić information content (AvgIpc) is 3.20. The summed E-state index contributed by atoms with van der Waals surface area (Å²) in [7, 11) is 0. The van der Waals surface area contributed by atoms with Crippen molar-refractivity contribution in [2.24, 2.45) is 5.92 Å². The average molecular weight is 356 g/mol. The van der Waals surface area contributed by atoms with Gasteiger partial charge < -0.3 is 15.6 Å². The SMILES string of the molecule is CC(=O)N[C@@H](C(=O)Nc1ccc2nc(C(C)(C)C)[nH]c2c1)C1CCCC1. The summed E-state index contributed by atoms with van der Waals surface area (Å²) in [5.41, 5.74) is 2.41. The van der Waals surface area contributed by atoms with E-state index < -0.39 is 6.04 Å². The summed E-state index contributed by atoms with van der Waals surface area (Å²) >= 11 is 0. The Balaban J connectivity index is 1.79. The Bertz CT molecular complexity index is 813. The van der Waals surface area contributed by atoms with Crippen molar-refractivity contribution in [1.82, 2.24) is 15.3 Å². The summed E-state index contributed by atoms with van der Waals surface area (Å²) in [6.45, 7) is 7.77. The van der Waals surface area contributed by atoms with Crippen LogP contribution in [-0.4, -0.2) is 27.8 Å². The molecule has 3 rings (SSSR count). The van der Waals surface area contributed by atoms with Gasteiger partial charge in [-0.15, -0.1) is 0 Å². The number of rotatable bonds is 4. The van der Waals surface area contributed by atoms with Crippen molar-refractivity contribution < 1.29 is 9.59 Å². The molecule has 1 atom stereocenters. The monoisotopic (exact) mass is 356 g/mol. The van der Waals surface area contributed by atoms with Gasteiger partial charge in [-0.25, -0.2) is 4.98 Å². The predicted octanol–water partition coefficient (Wildman–Crippen LogP) is 3.49. The minimum Gasteiger partial charge on any atom is -0.344 e. The van der Waals surface area contributed by atoms with Crippen LogP contribution in [-0.2, 0) is 15.0 Å². The van der Waals surface area contributed by atoms with Crippen LogP contribution in [0.4, 0.5) is 5.69 Å². The lowest BCUT2D eigenvalue weighted by molar-refractivity contribution is -0.126. The van der Waals surface area contributed by atoms with Crippen LogP contribution in [0.15, 0.2) is 18.2 Å². The van der Waals surface area contributed by atoms with E-state index in [1.54, 1.807) is 0 Å². The van der Waals surface area contributed by atoms with Gasteiger partial charge in [0.05, 0.1) is 11.0 Å². The molecule has 1 aliphatic carbocycles. The molecule has 0 saturated heterocycles. The number of imidazole rings is 1. The molecule has 0 bridgehead atoms. The van der Waals surface area contributed by atoms with Crippen molar-refractivity contribution in [1.29, 1.82) is 0 Å². The van der Waals surface area contributed by atoms with Crippen molar-refractivity contribution >= 4 is 28.5 Å². The molecule has 3 N–H and O–H groups in total. The lowest BCUT2D eigenvalue weighted by Gasteiger charge is -2.23. The van der Waals surface area contributed by atoms with Crippen molar-refractivity contribution in [2.75, 3.05) is 5.32 Å². The van der Waals surface area contributed by atoms with Gasteiger partial charge in [0.25, 0.3) is 0 Å². The number of nitrogens with zero attached hydrogens (tertiary/aromatic N) is 1. The topological polar surface area (TPSA) is 86.9 Å². The fourth-order valence-corrected chi connectivity index (χ4v) is 3.57. The predicted molar refractivity (Wildman–Crippen MR) is 103 cm³/mol. The number of carbonyl (C=O) groups is 2. The van der Waals surface area contributed by atoms with E-state index in [1.165, 1.54) is 6.92 Å². The molecule has 2 amide bonds. The van der Waals surface area contributed by atoms with Gasteiger partial charge in [0.1, 0.15) is 11.9 Å². The third kappa shape index (κ3) is 4.06. The number of hydrogen-bond donors (Lipinski definition) is 3. The highest BCUT2D eigenvalue weighted by molar-refractivity contribution is 5.98. The number of carbonyl (C=O) groups excluding carboxylic acids is 2. The lowest BCUT2D eigenvalue weighted by Crippen LogP contribution is -2.47. The molecule has 6 heteroatoms. The van der Waals surface area contributed by atoms with Gasteiger partial charge in [0, 0.05) is 18.0 Å². The number of nitrogens with one attached hydrogen (secondary N) is 3. The summed E-state index contributed by atoms with van der Waals surface area (Å²) < 4.78 is 0. The van der Waals surface area contributed by atoms with E-state index in [0.29, 0.717) is 5.69 Å². The van der Waals surface area contributed by atoms with Crippen LogP contribution in [0, 0.1) is 5.92 Å². The highest BCUT2D eigenvalue weighted by Gasteiger charge is 2.31. The summed E-state index contributed by atoms with van der Waals surface area (Å²) in [5.74, 6) is 0.804. The molecule has 0 radical (unpaired) electrons. The van der Waals surface area contributed by atoms with Gasteiger partial charge >= 0.3 is 0 Å². The Labute approximate surface area is 154 Å². The normalized spacial score (nSPS) is 16.6. The first-order valence-electron chi connectivity index (χ1n) is 9.32. The maximum absolute atomic E-state index is 12.8. The molecule has 1 fully saturated rings. The van der Waals surface area contributed by atoms with E-state index in [9.17, 15) is 9.59 Å². The number of aromatic nitrogens is 2. The molecule has 1 aromatic heterocycles. The molecule has 26 heavy (non-hydrogen) atoms. The third-order valence-corrected chi connectivity index (χ3v) is 4.97. The van der Waals surface area contributed by atoms with Gasteiger partial charge in [-0.1, -0.05) is 33.6 Å². The minimum absolute atomic E-state index is 0.0680. The van der Waals surface area contributed by atoms with Crippen LogP contribution in [0.2, 0.25) is 0 Å². The Hall–Kier alpha value is -2.37. The second-order valence-electron chi connectivity index (χ2n) is 8.28. The molecule has 1 aliphatic rings. The number of amides is 2. The summed E-state index contributed by atoms with van der Waals surface area (Å²) in [4.78, 5) is 32.3. The number of aromatic amines is 1. The summed E-state index contributed by atoms with van der Waals surface area (Å²) in [6, 6.07) is 5.18. The second kappa shape index (κ2) is 7.09. The summed E-state index contributed by atoms with van der Waals surface area (Å²) in [6.07, 6.45) is 4.19. The number of fused-ring (bicyclic) bond motifs is 1. The van der Waals surface area contributed by atoms with E-state index >= 15 is 0 Å². The quantitative estimate of drug-likeness (QED) is 0.783. The van der Waals surface area contributed by atoms with E-state index in [2.05, 4.69) is 41.4 Å². The Morgan fingerprint density at radius 3 is 2.54 bits per heavy atom. The van der Waals surface area contributed by atoms with E-state index in [1.807, 2.05) is 18.2 Å². The fourth-order valence-electron chi connectivity index (χ4n) is 3.57. The first-order valence-corrected chi connectivity index (χ1v) is 9.32. The minimum atomic E-state index is -0.474. The highest BCUT2D eigenvalue weighted by atomic mass is 16.2. The van der Waals surface area contributed by atoms with Gasteiger partial charge in [0.2, 0.25) is 11.8 Å². The molecule has 0 unspecified atom stereocenters. The molecule has 1 aromatic carbocycles. The van der Waals surface area contributed by atoms with Gasteiger partial charge in [0.15, 0.2) is 0 Å². The van der Waals surface area contributed by atoms with Gasteiger partial charge in [-0.3, -0.25) is 9.59 Å². The zero-order valence-corrected chi connectivity index (χ0v) is 16.0. The number of benzene rings is 1. The zero-order chi connectivity index (χ0) is 18.9. The summed E-state index contributed by atoms with van der Waals surface area (Å²) in [5, 5.41) is 5.79. The molecular weight excluding hydrogens is 328 g/mol. The van der Waals surface area contributed by atoms with Crippen molar-refractivity contribution in [3.63, 3.8) is 0 Å². The van der Waals surface area contributed by atoms with E-state index in [4.69, 9.17) is 0 Å². The lowest BCUT2D eigenvalue weighted by atomic mass is 9.96. The standard InChI is InChI=1S/C20H28N4O2/c1-12(25)21-17(13-7-5-6-8-13)18(26)22-14-9-10-15-16(11-14)24-19(23-15)20(2,3)4/h9-11,13,17H,5-8H2,1-4H3,(H,21,25)(H,22,26)(H,23,24)/t17-/m1/s1. The largest absolute Gasteiger partial charge is 0.344 e. The van der Waals surface area contributed by atoms with Crippen LogP contribution in [0.5, 0.6) is 0 Å². The molecule has 140 valence electrons. The molecule has 0 spiro atoms. The maximum Gasteiger partial charge on any atom is 0.247 e.